The zero-order chi connectivity index (χ0) is 12.8. The third-order valence-electron chi connectivity index (χ3n) is 2.37. The minimum absolute atomic E-state index is 0.134. The van der Waals surface area contributed by atoms with Gasteiger partial charge in [0.1, 0.15) is 5.75 Å². The molecule has 0 fully saturated rings. The first-order chi connectivity index (χ1) is 8.02. The van der Waals surface area contributed by atoms with Gasteiger partial charge in [-0.2, -0.15) is 11.8 Å². The Morgan fingerprint density at radius 1 is 1.41 bits per heavy atom. The molecule has 0 bridgehead atoms. The summed E-state index contributed by atoms with van der Waals surface area (Å²) in [6.07, 6.45) is 0.795. The van der Waals surface area contributed by atoms with Gasteiger partial charge in [0.15, 0.2) is 0 Å². The molecule has 1 aromatic rings. The zero-order valence-corrected chi connectivity index (χ0v) is 12.1. The van der Waals surface area contributed by atoms with Gasteiger partial charge in [0.25, 0.3) is 0 Å². The summed E-state index contributed by atoms with van der Waals surface area (Å²) in [6.45, 7) is 4.36. The fraction of sp³-hybridized carbons (Fsp3) is 0.538. The molecule has 0 amide bonds. The first-order valence-electron chi connectivity index (χ1n) is 5.72. The van der Waals surface area contributed by atoms with Gasteiger partial charge in [-0.1, -0.05) is 25.4 Å². The summed E-state index contributed by atoms with van der Waals surface area (Å²) >= 11 is 7.86. The minimum atomic E-state index is 0.134. The highest BCUT2D eigenvalue weighted by Gasteiger charge is 2.10. The monoisotopic (exact) mass is 273 g/mol. The molecule has 0 aromatic heterocycles. The molecule has 0 aliphatic carbocycles. The lowest BCUT2D eigenvalue weighted by atomic mass is 10.1. The van der Waals surface area contributed by atoms with Crippen molar-refractivity contribution in [2.24, 2.45) is 5.73 Å². The Bertz CT molecular complexity index is 357. The number of ether oxygens (including phenoxy) is 1. The summed E-state index contributed by atoms with van der Waals surface area (Å²) in [5, 5.41) is 1.34. The number of methoxy groups -OCH3 is 1. The summed E-state index contributed by atoms with van der Waals surface area (Å²) in [7, 11) is 1.67. The second-order valence-electron chi connectivity index (χ2n) is 4.30. The molecule has 0 spiro atoms. The lowest BCUT2D eigenvalue weighted by Gasteiger charge is -2.15. The molecule has 1 atom stereocenters. The Kier molecular flexibility index (Phi) is 6.17. The van der Waals surface area contributed by atoms with E-state index in [1.165, 1.54) is 0 Å². The van der Waals surface area contributed by atoms with Crippen LogP contribution in [0.25, 0.3) is 0 Å². The third kappa shape index (κ3) is 5.19. The van der Waals surface area contributed by atoms with E-state index >= 15 is 0 Å². The molecule has 0 heterocycles. The summed E-state index contributed by atoms with van der Waals surface area (Å²) < 4.78 is 5.31. The molecule has 1 unspecified atom stereocenters. The van der Waals surface area contributed by atoms with Crippen LogP contribution in [0.5, 0.6) is 5.75 Å². The Balaban J connectivity index is 2.63. The van der Waals surface area contributed by atoms with Crippen molar-refractivity contribution in [1.29, 1.82) is 0 Å². The molecular formula is C13H20ClNOS. The summed E-state index contributed by atoms with van der Waals surface area (Å²) in [5.41, 5.74) is 7.19. The average molecular weight is 274 g/mol. The van der Waals surface area contributed by atoms with Crippen LogP contribution in [-0.2, 0) is 6.42 Å². The lowest BCUT2D eigenvalue weighted by Crippen LogP contribution is -2.26. The van der Waals surface area contributed by atoms with Crippen molar-refractivity contribution in [2.75, 3.05) is 12.9 Å². The first kappa shape index (κ1) is 14.7. The second-order valence-corrected chi connectivity index (χ2v) is 6.35. The molecule has 0 aliphatic rings. The molecule has 1 rings (SSSR count). The molecule has 2 nitrogen and oxygen atoms in total. The van der Waals surface area contributed by atoms with Gasteiger partial charge in [0.2, 0.25) is 0 Å². The van der Waals surface area contributed by atoms with E-state index in [2.05, 4.69) is 13.8 Å². The van der Waals surface area contributed by atoms with Crippen LogP contribution in [0.4, 0.5) is 0 Å². The molecule has 1 aromatic carbocycles. The van der Waals surface area contributed by atoms with Gasteiger partial charge in [-0.05, 0) is 35.4 Å². The third-order valence-corrected chi connectivity index (χ3v) is 3.89. The largest absolute Gasteiger partial charge is 0.496 e. The van der Waals surface area contributed by atoms with Crippen molar-refractivity contribution < 1.29 is 4.74 Å². The number of benzene rings is 1. The van der Waals surface area contributed by atoms with Gasteiger partial charge >= 0.3 is 0 Å². The van der Waals surface area contributed by atoms with Gasteiger partial charge in [-0.25, -0.2) is 0 Å². The molecule has 0 saturated heterocycles. The van der Waals surface area contributed by atoms with Crippen LogP contribution in [0.3, 0.4) is 0 Å². The van der Waals surface area contributed by atoms with Gasteiger partial charge in [-0.3, -0.25) is 0 Å². The van der Waals surface area contributed by atoms with Gasteiger partial charge in [-0.15, -0.1) is 0 Å². The number of hydrogen-bond acceptors (Lipinski definition) is 3. The van der Waals surface area contributed by atoms with E-state index in [1.807, 2.05) is 30.0 Å². The smallest absolute Gasteiger partial charge is 0.122 e. The number of halogens is 1. The summed E-state index contributed by atoms with van der Waals surface area (Å²) in [6, 6.07) is 5.79. The van der Waals surface area contributed by atoms with Crippen LogP contribution >= 0.6 is 23.4 Å². The molecule has 4 heteroatoms. The number of rotatable bonds is 6. The van der Waals surface area contributed by atoms with Crippen molar-refractivity contribution in [3.05, 3.63) is 28.8 Å². The van der Waals surface area contributed by atoms with E-state index in [0.717, 1.165) is 28.5 Å². The number of hydrogen-bond donors (Lipinski definition) is 1. The average Bonchev–Trinajstić information content (AvgIpc) is 2.27. The molecule has 2 N–H and O–H groups in total. The molecule has 17 heavy (non-hydrogen) atoms. The van der Waals surface area contributed by atoms with E-state index in [0.29, 0.717) is 5.25 Å². The summed E-state index contributed by atoms with van der Waals surface area (Å²) in [4.78, 5) is 0. The van der Waals surface area contributed by atoms with Crippen molar-refractivity contribution in [2.45, 2.75) is 31.6 Å². The van der Waals surface area contributed by atoms with Gasteiger partial charge in [0.05, 0.1) is 7.11 Å². The van der Waals surface area contributed by atoms with Gasteiger partial charge < -0.3 is 10.5 Å². The van der Waals surface area contributed by atoms with E-state index in [4.69, 9.17) is 22.1 Å². The fourth-order valence-electron chi connectivity index (χ4n) is 1.56. The van der Waals surface area contributed by atoms with Crippen molar-refractivity contribution >= 4 is 23.4 Å². The maximum atomic E-state index is 6.11. The normalized spacial score (nSPS) is 12.8. The maximum Gasteiger partial charge on any atom is 0.122 e. The predicted molar refractivity (Wildman–Crippen MR) is 77.3 cm³/mol. The highest BCUT2D eigenvalue weighted by molar-refractivity contribution is 7.99. The topological polar surface area (TPSA) is 35.2 Å². The van der Waals surface area contributed by atoms with Gasteiger partial charge in [0, 0.05) is 16.8 Å². The van der Waals surface area contributed by atoms with Crippen LogP contribution in [0.2, 0.25) is 5.02 Å². The SMILES string of the molecule is COc1ccc(Cl)cc1CC(N)CSC(C)C. The van der Waals surface area contributed by atoms with Crippen molar-refractivity contribution in [1.82, 2.24) is 0 Å². The quantitative estimate of drug-likeness (QED) is 0.863. The van der Waals surface area contributed by atoms with Crippen LogP contribution < -0.4 is 10.5 Å². The standard InChI is InChI=1S/C13H20ClNOS/c1-9(2)17-8-12(15)7-10-6-11(14)4-5-13(10)16-3/h4-6,9,12H,7-8,15H2,1-3H3. The van der Waals surface area contributed by atoms with Crippen LogP contribution in [0.1, 0.15) is 19.4 Å². The van der Waals surface area contributed by atoms with Crippen LogP contribution in [0.15, 0.2) is 18.2 Å². The van der Waals surface area contributed by atoms with E-state index in [1.54, 1.807) is 7.11 Å². The Morgan fingerprint density at radius 3 is 2.71 bits per heavy atom. The van der Waals surface area contributed by atoms with Crippen molar-refractivity contribution in [3.63, 3.8) is 0 Å². The van der Waals surface area contributed by atoms with E-state index in [-0.39, 0.29) is 6.04 Å². The summed E-state index contributed by atoms with van der Waals surface area (Å²) in [5.74, 6) is 1.81. The number of nitrogens with two attached hydrogens (primary N) is 1. The van der Waals surface area contributed by atoms with Crippen LogP contribution in [0, 0.1) is 0 Å². The maximum absolute atomic E-state index is 6.11. The Labute approximate surface area is 113 Å². The molecule has 0 aliphatic heterocycles. The van der Waals surface area contributed by atoms with E-state index in [9.17, 15) is 0 Å². The Morgan fingerprint density at radius 2 is 2.12 bits per heavy atom. The minimum Gasteiger partial charge on any atom is -0.496 e. The van der Waals surface area contributed by atoms with Crippen LogP contribution in [-0.4, -0.2) is 24.2 Å². The fourth-order valence-corrected chi connectivity index (χ4v) is 2.51. The molecule has 96 valence electrons. The van der Waals surface area contributed by atoms with Crippen molar-refractivity contribution in [3.8, 4) is 5.75 Å². The predicted octanol–water partition coefficient (Wildman–Crippen LogP) is 3.36. The second kappa shape index (κ2) is 7.14. The zero-order valence-electron chi connectivity index (χ0n) is 10.6. The Hall–Kier alpha value is -0.380. The lowest BCUT2D eigenvalue weighted by molar-refractivity contribution is 0.408. The number of thioether (sulfide) groups is 1. The highest BCUT2D eigenvalue weighted by Crippen LogP contribution is 2.24. The molecule has 0 saturated carbocycles. The highest BCUT2D eigenvalue weighted by atomic mass is 35.5. The molecular weight excluding hydrogens is 254 g/mol. The van der Waals surface area contributed by atoms with E-state index < -0.39 is 0 Å². The molecule has 0 radical (unpaired) electrons. The first-order valence-corrected chi connectivity index (χ1v) is 7.15.